The van der Waals surface area contributed by atoms with Gasteiger partial charge in [-0.1, -0.05) is 48.5 Å². The number of ether oxygens (including phenoxy) is 1. The Kier molecular flexibility index (Phi) is 5.55. The van der Waals surface area contributed by atoms with Crippen LogP contribution < -0.4 is 5.32 Å². The lowest BCUT2D eigenvalue weighted by Crippen LogP contribution is -2.30. The van der Waals surface area contributed by atoms with Crippen LogP contribution in [-0.4, -0.2) is 52.7 Å². The number of carbonyl (C=O) groups is 3. The van der Waals surface area contributed by atoms with E-state index in [4.69, 9.17) is 9.84 Å². The molecule has 0 radical (unpaired) electrons. The van der Waals surface area contributed by atoms with E-state index >= 15 is 0 Å². The molecule has 1 aliphatic heterocycles. The van der Waals surface area contributed by atoms with Gasteiger partial charge in [-0.15, -0.1) is 11.3 Å². The molecule has 2 amide bonds. The van der Waals surface area contributed by atoms with E-state index in [0.717, 1.165) is 33.6 Å². The molecule has 2 aromatic carbocycles. The summed E-state index contributed by atoms with van der Waals surface area (Å²) in [4.78, 5) is 41.8. The number of carbonyl (C=O) groups excluding carboxylic acids is 2. The number of aliphatic carboxylic acids is 1. The highest BCUT2D eigenvalue weighted by molar-refractivity contribution is 7.14. The van der Waals surface area contributed by atoms with Gasteiger partial charge in [-0.05, 0) is 28.7 Å². The van der Waals surface area contributed by atoms with E-state index < -0.39 is 18.0 Å². The van der Waals surface area contributed by atoms with Gasteiger partial charge in [0, 0.05) is 24.4 Å². The normalized spacial score (nSPS) is 16.8. The zero-order chi connectivity index (χ0) is 22.9. The number of likely N-dealkylation sites (tertiary alicyclic amines) is 1. The first-order valence-corrected chi connectivity index (χ1v) is 11.5. The molecule has 9 heteroatoms. The van der Waals surface area contributed by atoms with Crippen LogP contribution in [0.2, 0.25) is 0 Å². The number of nitrogens with zero attached hydrogens (tertiary/aromatic N) is 2. The molecule has 0 bridgehead atoms. The second-order valence-electron chi connectivity index (χ2n) is 8.06. The molecule has 8 nitrogen and oxygen atoms in total. The predicted octanol–water partition coefficient (Wildman–Crippen LogP) is 4.05. The van der Waals surface area contributed by atoms with Gasteiger partial charge < -0.3 is 14.7 Å². The van der Waals surface area contributed by atoms with Crippen molar-refractivity contribution in [1.29, 1.82) is 0 Å². The summed E-state index contributed by atoms with van der Waals surface area (Å²) in [6.07, 6.45) is -0.215. The molecule has 0 saturated carbocycles. The third kappa shape index (κ3) is 4.07. The molecule has 1 unspecified atom stereocenters. The standard InChI is InChI=1S/C24H21N3O5S/c28-21(27-10-9-14(11-27)22(29)30)20-13-33-23(25-20)26-24(31)32-12-19-17-7-3-1-5-15(17)16-6-2-4-8-18(16)19/h1-8,13-14,19H,9-12H2,(H,29,30)(H,25,26,31). The number of anilines is 1. The molecule has 33 heavy (non-hydrogen) atoms. The Labute approximate surface area is 193 Å². The minimum absolute atomic E-state index is 0.0473. The molecule has 1 saturated heterocycles. The first-order chi connectivity index (χ1) is 16.0. The fourth-order valence-corrected chi connectivity index (χ4v) is 5.13. The molecule has 3 aromatic rings. The summed E-state index contributed by atoms with van der Waals surface area (Å²) in [6, 6.07) is 16.2. The Morgan fingerprint density at radius 3 is 2.39 bits per heavy atom. The van der Waals surface area contributed by atoms with E-state index in [1.807, 2.05) is 36.4 Å². The number of benzene rings is 2. The van der Waals surface area contributed by atoms with E-state index in [9.17, 15) is 14.4 Å². The maximum atomic E-state index is 12.6. The van der Waals surface area contributed by atoms with Crippen LogP contribution in [0, 0.1) is 5.92 Å². The van der Waals surface area contributed by atoms with Gasteiger partial charge in [0.2, 0.25) is 0 Å². The second-order valence-corrected chi connectivity index (χ2v) is 8.92. The van der Waals surface area contributed by atoms with Crippen LogP contribution in [0.3, 0.4) is 0 Å². The quantitative estimate of drug-likeness (QED) is 0.591. The Morgan fingerprint density at radius 1 is 1.09 bits per heavy atom. The van der Waals surface area contributed by atoms with Crippen molar-refractivity contribution in [2.24, 2.45) is 5.92 Å². The monoisotopic (exact) mass is 463 g/mol. The Bertz CT molecular complexity index is 1190. The highest BCUT2D eigenvalue weighted by Gasteiger charge is 2.32. The number of rotatable bonds is 5. The molecule has 5 rings (SSSR count). The number of carboxylic acid groups (broad SMARTS) is 1. The van der Waals surface area contributed by atoms with E-state index in [-0.39, 0.29) is 35.8 Å². The number of hydrogen-bond acceptors (Lipinski definition) is 6. The van der Waals surface area contributed by atoms with Gasteiger partial charge >= 0.3 is 12.1 Å². The topological polar surface area (TPSA) is 109 Å². The van der Waals surface area contributed by atoms with Crippen molar-refractivity contribution in [3.8, 4) is 11.1 Å². The van der Waals surface area contributed by atoms with Crippen molar-refractivity contribution < 1.29 is 24.2 Å². The van der Waals surface area contributed by atoms with Crippen LogP contribution in [0.25, 0.3) is 11.1 Å². The smallest absolute Gasteiger partial charge is 0.413 e. The lowest BCUT2D eigenvalue weighted by Gasteiger charge is -2.14. The van der Waals surface area contributed by atoms with Crippen molar-refractivity contribution in [3.05, 3.63) is 70.7 Å². The zero-order valence-electron chi connectivity index (χ0n) is 17.6. The summed E-state index contributed by atoms with van der Waals surface area (Å²) in [6.45, 7) is 0.727. The third-order valence-corrected chi connectivity index (χ3v) is 6.86. The Balaban J connectivity index is 1.20. The van der Waals surface area contributed by atoms with Crippen LogP contribution in [0.5, 0.6) is 0 Å². The van der Waals surface area contributed by atoms with Crippen molar-refractivity contribution >= 4 is 34.4 Å². The molecular weight excluding hydrogens is 442 g/mol. The zero-order valence-corrected chi connectivity index (χ0v) is 18.4. The molecular formula is C24H21N3O5S. The highest BCUT2D eigenvalue weighted by Crippen LogP contribution is 2.44. The van der Waals surface area contributed by atoms with Gasteiger partial charge in [0.05, 0.1) is 5.92 Å². The number of aromatic nitrogens is 1. The molecule has 0 spiro atoms. The average molecular weight is 464 g/mol. The molecule has 2 N–H and O–H groups in total. The number of hydrogen-bond donors (Lipinski definition) is 2. The molecule has 168 valence electrons. The van der Waals surface area contributed by atoms with Gasteiger partial charge in [-0.25, -0.2) is 9.78 Å². The highest BCUT2D eigenvalue weighted by atomic mass is 32.1. The SMILES string of the molecule is O=C(Nc1nc(C(=O)N2CCC(C(=O)O)C2)cs1)OCC1c2ccccc2-c2ccccc21. The summed E-state index contributed by atoms with van der Waals surface area (Å²) in [5, 5.41) is 13.5. The largest absolute Gasteiger partial charge is 0.481 e. The summed E-state index contributed by atoms with van der Waals surface area (Å²) >= 11 is 1.12. The molecule has 2 aliphatic rings. The molecule has 1 atom stereocenters. The lowest BCUT2D eigenvalue weighted by molar-refractivity contribution is -0.141. The number of amides is 2. The minimum Gasteiger partial charge on any atom is -0.481 e. The van der Waals surface area contributed by atoms with Gasteiger partial charge in [0.1, 0.15) is 12.3 Å². The Hall–Kier alpha value is -3.72. The third-order valence-electron chi connectivity index (χ3n) is 6.10. The molecule has 1 fully saturated rings. The maximum Gasteiger partial charge on any atom is 0.413 e. The van der Waals surface area contributed by atoms with Gasteiger partial charge in [-0.3, -0.25) is 14.9 Å². The van der Waals surface area contributed by atoms with Crippen LogP contribution >= 0.6 is 11.3 Å². The first-order valence-electron chi connectivity index (χ1n) is 10.6. The van der Waals surface area contributed by atoms with Crippen LogP contribution in [-0.2, 0) is 9.53 Å². The first kappa shape index (κ1) is 21.1. The fourth-order valence-electron chi connectivity index (χ4n) is 4.46. The van der Waals surface area contributed by atoms with Gasteiger partial charge in [0.15, 0.2) is 5.13 Å². The fraction of sp³-hybridized carbons (Fsp3) is 0.250. The number of carboxylic acids is 1. The number of nitrogens with one attached hydrogen (secondary N) is 1. The number of fused-ring (bicyclic) bond motifs is 3. The summed E-state index contributed by atoms with van der Waals surface area (Å²) < 4.78 is 5.51. The van der Waals surface area contributed by atoms with E-state index in [2.05, 4.69) is 22.4 Å². The maximum absolute atomic E-state index is 12.6. The average Bonchev–Trinajstić information content (AvgIpc) is 3.55. The van der Waals surface area contributed by atoms with Gasteiger partial charge in [-0.2, -0.15) is 0 Å². The van der Waals surface area contributed by atoms with Crippen LogP contribution in [0.4, 0.5) is 9.93 Å². The molecule has 2 heterocycles. The van der Waals surface area contributed by atoms with E-state index in [1.165, 1.54) is 4.90 Å². The Morgan fingerprint density at radius 2 is 1.76 bits per heavy atom. The van der Waals surface area contributed by atoms with Crippen LogP contribution in [0.1, 0.15) is 34.0 Å². The van der Waals surface area contributed by atoms with E-state index in [0.29, 0.717) is 13.0 Å². The number of thiazole rings is 1. The van der Waals surface area contributed by atoms with E-state index in [1.54, 1.807) is 5.38 Å². The van der Waals surface area contributed by atoms with Crippen molar-refractivity contribution in [3.63, 3.8) is 0 Å². The predicted molar refractivity (Wildman–Crippen MR) is 122 cm³/mol. The van der Waals surface area contributed by atoms with Crippen LogP contribution in [0.15, 0.2) is 53.9 Å². The summed E-state index contributed by atoms with van der Waals surface area (Å²) in [5.41, 5.74) is 4.73. The van der Waals surface area contributed by atoms with Crippen molar-refractivity contribution in [1.82, 2.24) is 9.88 Å². The summed E-state index contributed by atoms with van der Waals surface area (Å²) in [7, 11) is 0. The molecule has 1 aromatic heterocycles. The lowest BCUT2D eigenvalue weighted by atomic mass is 9.98. The van der Waals surface area contributed by atoms with Crippen molar-refractivity contribution in [2.75, 3.05) is 25.0 Å². The summed E-state index contributed by atoms with van der Waals surface area (Å²) in [5.74, 6) is -1.84. The minimum atomic E-state index is -0.902. The second kappa shape index (κ2) is 8.67. The molecule has 1 aliphatic carbocycles. The van der Waals surface area contributed by atoms with Crippen molar-refractivity contribution in [2.45, 2.75) is 12.3 Å². The van der Waals surface area contributed by atoms with Gasteiger partial charge in [0.25, 0.3) is 5.91 Å².